The molecule has 0 bridgehead atoms. The van der Waals surface area contributed by atoms with E-state index in [0.29, 0.717) is 25.7 Å². The lowest BCUT2D eigenvalue weighted by atomic mass is 9.85. The quantitative estimate of drug-likeness (QED) is 0.463. The molecule has 1 aromatic rings. The first kappa shape index (κ1) is 26.7. The molecule has 3 aliphatic rings. The Balaban J connectivity index is 1.41. The highest BCUT2D eigenvalue weighted by molar-refractivity contribution is 5.95. The molecule has 4 N–H and O–H groups in total. The van der Waals surface area contributed by atoms with Crippen LogP contribution in [0.5, 0.6) is 0 Å². The number of anilines is 1. The fraction of sp³-hybridized carbons (Fsp3) is 0.536. The van der Waals surface area contributed by atoms with Gasteiger partial charge in [-0.15, -0.1) is 0 Å². The monoisotopic (exact) mass is 506 g/mol. The zero-order chi connectivity index (χ0) is 26.0. The van der Waals surface area contributed by atoms with E-state index in [2.05, 4.69) is 33.7 Å². The molecule has 0 spiro atoms. The number of ether oxygens (including phenoxy) is 1. The van der Waals surface area contributed by atoms with Crippen LogP contribution in [0.25, 0.3) is 5.57 Å². The second-order valence-electron chi connectivity index (χ2n) is 9.92. The third-order valence-corrected chi connectivity index (χ3v) is 7.46. The van der Waals surface area contributed by atoms with Gasteiger partial charge in [0.2, 0.25) is 11.8 Å². The number of amides is 2. The van der Waals surface area contributed by atoms with Crippen molar-refractivity contribution in [2.75, 3.05) is 57.8 Å². The normalized spacial score (nSPS) is 19.6. The lowest BCUT2D eigenvalue weighted by Gasteiger charge is -2.35. The van der Waals surface area contributed by atoms with Crippen molar-refractivity contribution >= 4 is 23.1 Å². The van der Waals surface area contributed by atoms with Crippen molar-refractivity contribution < 1.29 is 14.3 Å². The average Bonchev–Trinajstić information content (AvgIpc) is 2.95. The minimum absolute atomic E-state index is 0.0340. The van der Waals surface area contributed by atoms with E-state index in [1.807, 2.05) is 17.0 Å². The highest BCUT2D eigenvalue weighted by Crippen LogP contribution is 2.36. The Morgan fingerprint density at radius 3 is 2.62 bits per heavy atom. The second-order valence-corrected chi connectivity index (χ2v) is 9.92. The summed E-state index contributed by atoms with van der Waals surface area (Å²) in [6.07, 6.45) is 9.68. The van der Waals surface area contributed by atoms with Crippen LogP contribution in [0, 0.1) is 11.3 Å². The Labute approximate surface area is 219 Å². The number of morpholine rings is 1. The minimum Gasteiger partial charge on any atom is -0.402 e. The molecule has 198 valence electrons. The molecule has 2 heterocycles. The molecule has 2 saturated heterocycles. The summed E-state index contributed by atoms with van der Waals surface area (Å²) in [5, 5.41) is 14.8. The number of nitrogens with two attached hydrogens (primary N) is 1. The first-order valence-electron chi connectivity index (χ1n) is 13.3. The number of nitriles is 1. The van der Waals surface area contributed by atoms with Crippen LogP contribution in [-0.2, 0) is 14.3 Å². The number of hydrogen-bond acceptors (Lipinski definition) is 7. The number of likely N-dealkylation sites (tertiary alicyclic amines) is 1. The Morgan fingerprint density at radius 1 is 1.16 bits per heavy atom. The fourth-order valence-corrected chi connectivity index (χ4v) is 5.29. The predicted octanol–water partition coefficient (Wildman–Crippen LogP) is 2.53. The van der Waals surface area contributed by atoms with Crippen LogP contribution >= 0.6 is 0 Å². The number of nitrogens with zero attached hydrogens (tertiary/aromatic N) is 3. The van der Waals surface area contributed by atoms with E-state index >= 15 is 0 Å². The first-order chi connectivity index (χ1) is 18.1. The molecule has 2 fully saturated rings. The van der Waals surface area contributed by atoms with Crippen molar-refractivity contribution in [3.63, 3.8) is 0 Å². The average molecular weight is 507 g/mol. The van der Waals surface area contributed by atoms with E-state index in [1.54, 1.807) is 0 Å². The molecule has 1 aliphatic carbocycles. The number of carbonyl (C=O) groups is 2. The van der Waals surface area contributed by atoms with Crippen LogP contribution in [-0.4, -0.2) is 74.1 Å². The number of piperidine rings is 1. The van der Waals surface area contributed by atoms with Crippen molar-refractivity contribution in [1.29, 1.82) is 5.26 Å². The van der Waals surface area contributed by atoms with E-state index in [9.17, 15) is 9.59 Å². The van der Waals surface area contributed by atoms with Gasteiger partial charge >= 0.3 is 0 Å². The summed E-state index contributed by atoms with van der Waals surface area (Å²) in [5.74, 6) is 0.367. The topological polar surface area (TPSA) is 124 Å². The number of hydrogen-bond donors (Lipinski definition) is 3. The Morgan fingerprint density at radius 2 is 1.95 bits per heavy atom. The minimum atomic E-state index is -0.230. The molecular formula is C28H38N6O3. The molecule has 0 radical (unpaired) electrons. The molecule has 0 unspecified atom stereocenters. The number of benzene rings is 1. The third kappa shape index (κ3) is 7.34. The molecule has 2 aliphatic heterocycles. The zero-order valence-electron chi connectivity index (χ0n) is 21.5. The van der Waals surface area contributed by atoms with Crippen LogP contribution < -0.4 is 16.4 Å². The Bertz CT molecular complexity index is 1060. The van der Waals surface area contributed by atoms with Gasteiger partial charge in [-0.05, 0) is 67.7 Å². The lowest BCUT2D eigenvalue weighted by molar-refractivity contribution is -0.134. The van der Waals surface area contributed by atoms with Gasteiger partial charge in [0.25, 0.3) is 0 Å². The van der Waals surface area contributed by atoms with Gasteiger partial charge in [0.1, 0.15) is 11.8 Å². The number of allylic oxidation sites excluding steroid dienone is 3. The maximum Gasteiger partial charge on any atom is 0.243 e. The first-order valence-corrected chi connectivity index (χ1v) is 13.3. The van der Waals surface area contributed by atoms with E-state index in [4.69, 9.17) is 15.7 Å². The maximum absolute atomic E-state index is 12.8. The third-order valence-electron chi connectivity index (χ3n) is 7.46. The van der Waals surface area contributed by atoms with Crippen LogP contribution in [0.1, 0.15) is 55.6 Å². The van der Waals surface area contributed by atoms with E-state index < -0.39 is 0 Å². The van der Waals surface area contributed by atoms with E-state index in [0.717, 1.165) is 75.7 Å². The SMILES string of the molecule is N#C/C(=C/N)NCC(=O)Nc1ccc(C2CCN(C(=O)CN3CCOCC3)CC2)cc1C1=CCCCC1. The maximum atomic E-state index is 12.8. The van der Waals surface area contributed by atoms with Gasteiger partial charge < -0.3 is 26.0 Å². The van der Waals surface area contributed by atoms with E-state index in [1.165, 1.54) is 17.6 Å². The largest absolute Gasteiger partial charge is 0.402 e. The summed E-state index contributed by atoms with van der Waals surface area (Å²) in [5.41, 5.74) is 9.94. The van der Waals surface area contributed by atoms with Gasteiger partial charge in [0.05, 0.1) is 26.3 Å². The molecule has 1 aromatic carbocycles. The molecule has 2 amide bonds. The van der Waals surface area contributed by atoms with Crippen molar-refractivity contribution in [2.45, 2.75) is 44.4 Å². The molecule has 37 heavy (non-hydrogen) atoms. The molecule has 4 rings (SSSR count). The number of carbonyl (C=O) groups excluding carboxylic acids is 2. The summed E-state index contributed by atoms with van der Waals surface area (Å²) < 4.78 is 5.39. The number of rotatable bonds is 8. The van der Waals surface area contributed by atoms with E-state index in [-0.39, 0.29) is 24.1 Å². The van der Waals surface area contributed by atoms with Crippen LogP contribution in [0.4, 0.5) is 5.69 Å². The summed E-state index contributed by atoms with van der Waals surface area (Å²) >= 11 is 0. The summed E-state index contributed by atoms with van der Waals surface area (Å²) in [6.45, 7) is 5.03. The van der Waals surface area contributed by atoms with Gasteiger partial charge in [-0.3, -0.25) is 14.5 Å². The summed E-state index contributed by atoms with van der Waals surface area (Å²) in [4.78, 5) is 29.6. The molecule has 0 aromatic heterocycles. The van der Waals surface area contributed by atoms with Gasteiger partial charge in [-0.1, -0.05) is 12.1 Å². The molecular weight excluding hydrogens is 468 g/mol. The summed E-state index contributed by atoms with van der Waals surface area (Å²) in [6, 6.07) is 8.25. The van der Waals surface area contributed by atoms with Gasteiger partial charge in [0.15, 0.2) is 0 Å². The second kappa shape index (κ2) is 13.3. The molecule has 0 atom stereocenters. The molecule has 0 saturated carbocycles. The van der Waals surface area contributed by atoms with Gasteiger partial charge in [0, 0.05) is 43.6 Å². The lowest BCUT2D eigenvalue weighted by Crippen LogP contribution is -2.46. The van der Waals surface area contributed by atoms with Crippen LogP contribution in [0.15, 0.2) is 36.2 Å². The van der Waals surface area contributed by atoms with Crippen molar-refractivity contribution in [3.8, 4) is 6.07 Å². The van der Waals surface area contributed by atoms with Gasteiger partial charge in [-0.2, -0.15) is 5.26 Å². The predicted molar refractivity (Wildman–Crippen MR) is 143 cm³/mol. The smallest absolute Gasteiger partial charge is 0.243 e. The van der Waals surface area contributed by atoms with Gasteiger partial charge in [-0.25, -0.2) is 0 Å². The van der Waals surface area contributed by atoms with Crippen LogP contribution in [0.2, 0.25) is 0 Å². The molecule has 9 heteroatoms. The fourth-order valence-electron chi connectivity index (χ4n) is 5.29. The molecule has 9 nitrogen and oxygen atoms in total. The van der Waals surface area contributed by atoms with Crippen molar-refractivity contribution in [1.82, 2.24) is 15.1 Å². The van der Waals surface area contributed by atoms with Crippen molar-refractivity contribution in [2.24, 2.45) is 5.73 Å². The standard InChI is InChI=1S/C28H38N6O3/c29-17-24(18-30)31-19-27(35)32-26-7-6-23(16-25(26)22-4-2-1-3-5-22)21-8-10-34(11-9-21)28(36)20-33-12-14-37-15-13-33/h4,6-7,16-17,21,31H,1-3,5,8-15,19-20,29H2,(H,32,35)/b24-17-. The summed E-state index contributed by atoms with van der Waals surface area (Å²) in [7, 11) is 0. The Kier molecular flexibility index (Phi) is 9.58. The highest BCUT2D eigenvalue weighted by atomic mass is 16.5. The van der Waals surface area contributed by atoms with Crippen molar-refractivity contribution in [3.05, 3.63) is 47.3 Å². The van der Waals surface area contributed by atoms with Crippen LogP contribution in [0.3, 0.4) is 0 Å². The number of nitrogens with one attached hydrogen (secondary N) is 2. The Hall–Kier alpha value is -3.35. The zero-order valence-corrected chi connectivity index (χ0v) is 21.5. The highest BCUT2D eigenvalue weighted by Gasteiger charge is 2.26.